The fraction of sp³-hybridized carbons (Fsp3) is 0.640. The molecule has 0 radical (unpaired) electrons. The van der Waals surface area contributed by atoms with Gasteiger partial charge in [-0.2, -0.15) is 4.98 Å². The molecule has 1 aliphatic carbocycles. The minimum atomic E-state index is -0.167. The molecule has 10 heteroatoms. The van der Waals surface area contributed by atoms with Crippen molar-refractivity contribution in [2.75, 3.05) is 56.9 Å². The number of hydrogen-bond acceptors (Lipinski definition) is 8. The Hall–Kier alpha value is -2.52. The molecule has 1 aromatic heterocycles. The minimum Gasteiger partial charge on any atom is -0.493 e. The first-order valence-electron chi connectivity index (χ1n) is 12.6. The molecule has 1 saturated heterocycles. The van der Waals surface area contributed by atoms with Crippen LogP contribution in [0.2, 0.25) is 0 Å². The van der Waals surface area contributed by atoms with Crippen LogP contribution in [-0.2, 0) is 4.79 Å². The molecule has 1 aliphatic heterocycles. The standard InChI is InChI=1S/C25H37ClN6O3/c1-34-21-14-19-20(15-22(21)35-2)30-25(28-11-5-10-27-23(33)16-26)31-24(19)29-17-8-12-32(13-9-17)18-6-3-4-7-18/h14-15,17-18H,3-13,16H2,1-2H3,(H,27,33)(H2,28,29,30,31). The molecule has 2 aromatic rings. The van der Waals surface area contributed by atoms with E-state index in [1.807, 2.05) is 12.1 Å². The predicted octanol–water partition coefficient (Wildman–Crippen LogP) is 3.62. The Morgan fingerprint density at radius 1 is 1.06 bits per heavy atom. The summed E-state index contributed by atoms with van der Waals surface area (Å²) in [5, 5.41) is 10.7. The van der Waals surface area contributed by atoms with Crippen LogP contribution in [0.25, 0.3) is 10.9 Å². The van der Waals surface area contributed by atoms with E-state index in [0.29, 0.717) is 36.6 Å². The number of carbonyl (C=O) groups is 1. The normalized spacial score (nSPS) is 17.5. The Morgan fingerprint density at radius 2 is 1.77 bits per heavy atom. The maximum Gasteiger partial charge on any atom is 0.234 e. The zero-order valence-electron chi connectivity index (χ0n) is 20.7. The lowest BCUT2D eigenvalue weighted by Gasteiger charge is -2.36. The van der Waals surface area contributed by atoms with Gasteiger partial charge < -0.3 is 30.3 Å². The van der Waals surface area contributed by atoms with Crippen LogP contribution in [0.4, 0.5) is 11.8 Å². The highest BCUT2D eigenvalue weighted by atomic mass is 35.5. The van der Waals surface area contributed by atoms with Crippen LogP contribution in [0.1, 0.15) is 44.9 Å². The quantitative estimate of drug-likeness (QED) is 0.315. The molecule has 0 unspecified atom stereocenters. The molecule has 3 N–H and O–H groups in total. The highest BCUT2D eigenvalue weighted by Crippen LogP contribution is 2.35. The molecule has 1 saturated carbocycles. The summed E-state index contributed by atoms with van der Waals surface area (Å²) < 4.78 is 11.0. The van der Waals surface area contributed by atoms with Crippen LogP contribution in [0.3, 0.4) is 0 Å². The second kappa shape index (κ2) is 12.4. The Labute approximate surface area is 212 Å². The second-order valence-corrected chi connectivity index (χ2v) is 9.54. The van der Waals surface area contributed by atoms with Crippen LogP contribution in [0.15, 0.2) is 12.1 Å². The first-order chi connectivity index (χ1) is 17.1. The number of amides is 1. The molecule has 2 aliphatic rings. The van der Waals surface area contributed by atoms with Crippen molar-refractivity contribution < 1.29 is 14.3 Å². The summed E-state index contributed by atoms with van der Waals surface area (Å²) in [6.45, 7) is 3.42. The lowest BCUT2D eigenvalue weighted by molar-refractivity contribution is -0.118. The third-order valence-electron chi connectivity index (χ3n) is 6.99. The van der Waals surface area contributed by atoms with E-state index in [-0.39, 0.29) is 11.8 Å². The summed E-state index contributed by atoms with van der Waals surface area (Å²) in [6, 6.07) is 4.96. The molecule has 1 aromatic carbocycles. The lowest BCUT2D eigenvalue weighted by Crippen LogP contribution is -2.43. The molecule has 0 bridgehead atoms. The van der Waals surface area contributed by atoms with Gasteiger partial charge in [-0.25, -0.2) is 4.98 Å². The van der Waals surface area contributed by atoms with Crippen LogP contribution in [0.5, 0.6) is 11.5 Å². The van der Waals surface area contributed by atoms with E-state index in [9.17, 15) is 4.79 Å². The molecule has 2 fully saturated rings. The van der Waals surface area contributed by atoms with Gasteiger partial charge in [0.05, 0.1) is 19.7 Å². The van der Waals surface area contributed by atoms with Crippen molar-refractivity contribution in [1.29, 1.82) is 0 Å². The van der Waals surface area contributed by atoms with E-state index in [4.69, 9.17) is 31.0 Å². The number of anilines is 2. The van der Waals surface area contributed by atoms with E-state index >= 15 is 0 Å². The zero-order chi connectivity index (χ0) is 24.6. The third kappa shape index (κ3) is 6.58. The van der Waals surface area contributed by atoms with Gasteiger partial charge in [0.25, 0.3) is 0 Å². The molecule has 4 rings (SSSR count). The van der Waals surface area contributed by atoms with Crippen molar-refractivity contribution in [3.8, 4) is 11.5 Å². The number of ether oxygens (including phenoxy) is 2. The maximum atomic E-state index is 11.3. The lowest BCUT2D eigenvalue weighted by atomic mass is 10.0. The topological polar surface area (TPSA) is 101 Å². The summed E-state index contributed by atoms with van der Waals surface area (Å²) in [7, 11) is 3.26. The molecule has 35 heavy (non-hydrogen) atoms. The van der Waals surface area contributed by atoms with Gasteiger partial charge >= 0.3 is 0 Å². The van der Waals surface area contributed by atoms with Crippen LogP contribution in [-0.4, -0.2) is 79.1 Å². The van der Waals surface area contributed by atoms with E-state index < -0.39 is 0 Å². The number of rotatable bonds is 11. The average Bonchev–Trinajstić information content (AvgIpc) is 3.43. The number of nitrogens with one attached hydrogen (secondary N) is 3. The molecule has 192 valence electrons. The van der Waals surface area contributed by atoms with E-state index in [0.717, 1.165) is 55.1 Å². The molecule has 0 spiro atoms. The van der Waals surface area contributed by atoms with Gasteiger partial charge in [0.15, 0.2) is 11.5 Å². The number of alkyl halides is 1. The van der Waals surface area contributed by atoms with Crippen LogP contribution >= 0.6 is 11.6 Å². The number of fused-ring (bicyclic) bond motifs is 1. The molecular weight excluding hydrogens is 468 g/mol. The first-order valence-corrected chi connectivity index (χ1v) is 13.2. The fourth-order valence-electron chi connectivity index (χ4n) is 5.08. The highest BCUT2D eigenvalue weighted by molar-refractivity contribution is 6.27. The van der Waals surface area contributed by atoms with E-state index in [1.165, 1.54) is 25.7 Å². The zero-order valence-corrected chi connectivity index (χ0v) is 21.5. The van der Waals surface area contributed by atoms with Gasteiger partial charge in [-0.1, -0.05) is 12.8 Å². The number of hydrogen-bond donors (Lipinski definition) is 3. The van der Waals surface area contributed by atoms with Crippen LogP contribution < -0.4 is 25.4 Å². The fourth-order valence-corrected chi connectivity index (χ4v) is 5.17. The number of carbonyl (C=O) groups excluding carboxylic acids is 1. The van der Waals surface area contributed by atoms with Crippen molar-refractivity contribution in [1.82, 2.24) is 20.2 Å². The van der Waals surface area contributed by atoms with Gasteiger partial charge in [0, 0.05) is 49.7 Å². The van der Waals surface area contributed by atoms with Crippen molar-refractivity contribution >= 4 is 40.2 Å². The van der Waals surface area contributed by atoms with Gasteiger partial charge in [-0.05, 0) is 38.2 Å². The van der Waals surface area contributed by atoms with Gasteiger partial charge in [-0.15, -0.1) is 11.6 Å². The summed E-state index contributed by atoms with van der Waals surface area (Å²) in [5.74, 6) is 2.43. The average molecular weight is 505 g/mol. The number of nitrogens with zero attached hydrogens (tertiary/aromatic N) is 3. The van der Waals surface area contributed by atoms with E-state index in [2.05, 4.69) is 20.9 Å². The smallest absolute Gasteiger partial charge is 0.234 e. The Balaban J connectivity index is 1.47. The summed E-state index contributed by atoms with van der Waals surface area (Å²) in [5.41, 5.74) is 0.779. The van der Waals surface area contributed by atoms with Gasteiger partial charge in [0.2, 0.25) is 11.9 Å². The second-order valence-electron chi connectivity index (χ2n) is 9.28. The number of likely N-dealkylation sites (tertiary alicyclic amines) is 1. The van der Waals surface area contributed by atoms with Gasteiger partial charge in [0.1, 0.15) is 11.7 Å². The SMILES string of the molecule is COc1cc2nc(NCCCNC(=O)CCl)nc(NC3CCN(C4CCCC4)CC3)c2cc1OC. The Morgan fingerprint density at radius 3 is 2.46 bits per heavy atom. The van der Waals surface area contributed by atoms with E-state index in [1.54, 1.807) is 14.2 Å². The Bertz CT molecular complexity index is 993. The summed E-state index contributed by atoms with van der Waals surface area (Å²) >= 11 is 5.52. The van der Waals surface area contributed by atoms with Gasteiger partial charge in [-0.3, -0.25) is 4.79 Å². The maximum absolute atomic E-state index is 11.3. The first kappa shape index (κ1) is 25.6. The number of benzene rings is 1. The Kier molecular flexibility index (Phi) is 9.09. The monoisotopic (exact) mass is 504 g/mol. The summed E-state index contributed by atoms with van der Waals surface area (Å²) in [4.78, 5) is 23.5. The molecule has 2 heterocycles. The van der Waals surface area contributed by atoms with Crippen molar-refractivity contribution in [3.05, 3.63) is 12.1 Å². The third-order valence-corrected chi connectivity index (χ3v) is 7.24. The largest absolute Gasteiger partial charge is 0.493 e. The summed E-state index contributed by atoms with van der Waals surface area (Å²) in [6.07, 6.45) is 8.36. The molecular formula is C25H37ClN6O3. The highest BCUT2D eigenvalue weighted by Gasteiger charge is 2.27. The number of piperidine rings is 1. The minimum absolute atomic E-state index is 0.0267. The molecule has 1 amide bonds. The predicted molar refractivity (Wildman–Crippen MR) is 140 cm³/mol. The van der Waals surface area contributed by atoms with Crippen molar-refractivity contribution in [3.63, 3.8) is 0 Å². The van der Waals surface area contributed by atoms with Crippen molar-refractivity contribution in [2.24, 2.45) is 0 Å². The molecule has 9 nitrogen and oxygen atoms in total. The number of halogens is 1. The number of methoxy groups -OCH3 is 2. The van der Waals surface area contributed by atoms with Crippen LogP contribution in [0, 0.1) is 0 Å². The number of aromatic nitrogens is 2. The van der Waals surface area contributed by atoms with Crippen molar-refractivity contribution in [2.45, 2.75) is 57.0 Å². The molecule has 0 atom stereocenters.